The van der Waals surface area contributed by atoms with E-state index in [0.29, 0.717) is 69.5 Å². The maximum absolute atomic E-state index is 15.2. The maximum atomic E-state index is 15.2. The van der Waals surface area contributed by atoms with Crippen LogP contribution in [0.3, 0.4) is 0 Å². The van der Waals surface area contributed by atoms with Gasteiger partial charge in [-0.3, -0.25) is 9.59 Å². The van der Waals surface area contributed by atoms with Crippen LogP contribution in [-0.4, -0.2) is 102 Å². The lowest BCUT2D eigenvalue weighted by Crippen LogP contribution is -2.20. The minimum Gasteiger partial charge on any atom is -0.438 e. The highest BCUT2D eigenvalue weighted by Gasteiger charge is 2.36. The van der Waals surface area contributed by atoms with Gasteiger partial charge in [0.05, 0.1) is 33.4 Å². The molecule has 2 N–H and O–H groups in total. The number of nitrogens with zero attached hydrogens (tertiary/aromatic N) is 10. The Morgan fingerprint density at radius 2 is 0.977 bits per heavy atom. The quantitative estimate of drug-likeness (QED) is 0.0870. The number of benzene rings is 4. The zero-order valence-electron chi connectivity index (χ0n) is 49.5. The Morgan fingerprint density at radius 3 is 1.33 bits per heavy atom. The number of ether oxygens (including phenoxy) is 2. The summed E-state index contributed by atoms with van der Waals surface area (Å²) in [4.78, 5) is 65.4. The summed E-state index contributed by atoms with van der Waals surface area (Å²) >= 11 is 0. The summed E-state index contributed by atoms with van der Waals surface area (Å²) in [5, 5.41) is 5.13. The molecule has 16 nitrogen and oxygen atoms in total. The number of amides is 2. The van der Waals surface area contributed by atoms with Crippen LogP contribution in [0.25, 0.3) is 22.8 Å². The number of carbonyl (C=O) groups is 2. The molecule has 6 heterocycles. The van der Waals surface area contributed by atoms with Gasteiger partial charge in [0.2, 0.25) is 11.8 Å². The highest BCUT2D eigenvalue weighted by atomic mass is 19.4. The highest BCUT2D eigenvalue weighted by Crippen LogP contribution is 2.42. The second-order valence-corrected chi connectivity index (χ2v) is 22.0. The standard InChI is InChI=1S/2C32H32F4N6O2/c2*1-5-28-38-17-39-29(41-28)23-7-6-11-37-31(23)44-27-15-24(25(33)13-18(27)2)30(43)40-26-14-21(32(34,35)36)8-9-22(26)19(3)20-10-12-42(4)16-20/h2*6-9,11,13-15,17,19-20H,5,10,12,16H2,1-4H3,(H,40,43)/t2*19?,20-/m10/s1. The summed E-state index contributed by atoms with van der Waals surface area (Å²) in [6, 6.07) is 18.1. The van der Waals surface area contributed by atoms with Gasteiger partial charge in [0.1, 0.15) is 47.4 Å². The van der Waals surface area contributed by atoms with E-state index in [4.69, 9.17) is 9.47 Å². The van der Waals surface area contributed by atoms with Crippen molar-refractivity contribution in [1.82, 2.24) is 49.7 Å². The summed E-state index contributed by atoms with van der Waals surface area (Å²) in [5.41, 5.74) is 0.139. The van der Waals surface area contributed by atoms with Crippen molar-refractivity contribution in [2.45, 2.75) is 91.4 Å². The molecule has 10 rings (SSSR count). The average Bonchev–Trinajstić information content (AvgIpc) is 3.21. The van der Waals surface area contributed by atoms with Crippen molar-refractivity contribution in [2.24, 2.45) is 11.8 Å². The molecule has 2 saturated heterocycles. The topological polar surface area (TPSA) is 186 Å². The first-order chi connectivity index (χ1) is 41.9. The van der Waals surface area contributed by atoms with E-state index >= 15 is 8.78 Å². The average molecular weight is 1220 g/mol. The normalized spacial score (nSPS) is 16.1. The van der Waals surface area contributed by atoms with E-state index in [1.54, 1.807) is 38.1 Å². The number of aromatic nitrogens is 8. The summed E-state index contributed by atoms with van der Waals surface area (Å²) in [6.07, 6.45) is -0.537. The van der Waals surface area contributed by atoms with E-state index in [-0.39, 0.29) is 58.3 Å². The van der Waals surface area contributed by atoms with Crippen molar-refractivity contribution in [2.75, 3.05) is 50.9 Å². The van der Waals surface area contributed by atoms with Crippen LogP contribution in [-0.2, 0) is 25.2 Å². The van der Waals surface area contributed by atoms with E-state index in [9.17, 15) is 35.9 Å². The van der Waals surface area contributed by atoms with E-state index in [1.807, 2.05) is 41.8 Å². The van der Waals surface area contributed by atoms with Crippen molar-refractivity contribution in [3.8, 4) is 46.0 Å². The van der Waals surface area contributed by atoms with Gasteiger partial charge in [-0.25, -0.2) is 48.7 Å². The minimum absolute atomic E-state index is 0.0112. The van der Waals surface area contributed by atoms with Gasteiger partial charge in [0.25, 0.3) is 11.8 Å². The van der Waals surface area contributed by atoms with E-state index in [0.717, 1.165) is 75.4 Å². The molecule has 0 radical (unpaired) electrons. The number of alkyl halides is 6. The predicted molar refractivity (Wildman–Crippen MR) is 314 cm³/mol. The van der Waals surface area contributed by atoms with Crippen LogP contribution in [0.5, 0.6) is 23.3 Å². The lowest BCUT2D eigenvalue weighted by atomic mass is 9.85. The number of anilines is 2. The smallest absolute Gasteiger partial charge is 0.416 e. The zero-order chi connectivity index (χ0) is 63.2. The largest absolute Gasteiger partial charge is 0.438 e. The van der Waals surface area contributed by atoms with Gasteiger partial charge in [0.15, 0.2) is 11.6 Å². The first kappa shape index (κ1) is 63.6. The molecule has 0 saturated carbocycles. The van der Waals surface area contributed by atoms with Gasteiger partial charge in [-0.05, 0) is 173 Å². The van der Waals surface area contributed by atoms with E-state index in [2.05, 4.69) is 60.3 Å². The number of aryl methyl sites for hydroxylation is 4. The first-order valence-corrected chi connectivity index (χ1v) is 28.5. The number of halogens is 8. The maximum Gasteiger partial charge on any atom is 0.416 e. The number of rotatable bonds is 16. The van der Waals surface area contributed by atoms with Gasteiger partial charge in [-0.15, -0.1) is 0 Å². The molecular formula is C64H64F8N12O4. The zero-order valence-corrected chi connectivity index (χ0v) is 49.5. The van der Waals surface area contributed by atoms with Gasteiger partial charge < -0.3 is 29.9 Å². The molecule has 2 aliphatic rings. The van der Waals surface area contributed by atoms with Crippen molar-refractivity contribution in [1.29, 1.82) is 0 Å². The Hall–Kier alpha value is -8.90. The fourth-order valence-corrected chi connectivity index (χ4v) is 10.7. The number of likely N-dealkylation sites (tertiary alicyclic amines) is 2. The molecule has 0 aliphatic carbocycles. The van der Waals surface area contributed by atoms with Gasteiger partial charge in [-0.2, -0.15) is 26.3 Å². The summed E-state index contributed by atoms with van der Waals surface area (Å²) in [5.74, 6) is -1.11. The van der Waals surface area contributed by atoms with Crippen LogP contribution in [0.4, 0.5) is 46.5 Å². The molecule has 2 fully saturated rings. The lowest BCUT2D eigenvalue weighted by Gasteiger charge is -2.24. The molecule has 2 unspecified atom stereocenters. The highest BCUT2D eigenvalue weighted by molar-refractivity contribution is 6.06. The van der Waals surface area contributed by atoms with Crippen LogP contribution in [0, 0.1) is 37.3 Å². The summed E-state index contributed by atoms with van der Waals surface area (Å²) < 4.78 is 125. The molecule has 460 valence electrons. The molecule has 2 amide bonds. The summed E-state index contributed by atoms with van der Waals surface area (Å²) in [7, 11) is 3.98. The number of carbonyl (C=O) groups excluding carboxylic acids is 2. The monoisotopic (exact) mass is 1220 g/mol. The minimum atomic E-state index is -4.62. The molecule has 0 bridgehead atoms. The van der Waals surface area contributed by atoms with Gasteiger partial charge in [-0.1, -0.05) is 39.8 Å². The number of nitrogens with one attached hydrogen (secondary N) is 2. The molecule has 88 heavy (non-hydrogen) atoms. The fraction of sp³-hybridized carbons (Fsp3) is 0.344. The molecule has 4 atom stereocenters. The Bertz CT molecular complexity index is 3600. The predicted octanol–water partition coefficient (Wildman–Crippen LogP) is 14.1. The Balaban J connectivity index is 0.000000209. The third-order valence-corrected chi connectivity index (χ3v) is 15.8. The second-order valence-electron chi connectivity index (χ2n) is 22.0. The molecule has 0 spiro atoms. The molecule has 24 heteroatoms. The van der Waals surface area contributed by atoms with E-state index in [1.165, 1.54) is 49.3 Å². The van der Waals surface area contributed by atoms with Crippen LogP contribution in [0.15, 0.2) is 110 Å². The van der Waals surface area contributed by atoms with Crippen molar-refractivity contribution in [3.05, 3.63) is 178 Å². The lowest BCUT2D eigenvalue weighted by molar-refractivity contribution is -0.138. The Kier molecular flexibility index (Phi) is 19.5. The molecule has 8 aromatic rings. The van der Waals surface area contributed by atoms with Crippen LogP contribution >= 0.6 is 0 Å². The first-order valence-electron chi connectivity index (χ1n) is 28.5. The SMILES string of the molecule is CCc1ncnc(-c2cccnc2Oc2cc(C(=O)Nc3cc(C(F)(F)F)ccc3C(C)[C@@H]3CCN(C)C3)c(F)cc2C)n1.CCc1ncnc(-c2cccnc2Oc2cc(C(=O)Nc3cc(C(F)(F)F)ccc3C(C)[C@H]3CCN(C)C3)c(F)cc2C)n1. The second kappa shape index (κ2) is 27.0. The molecule has 2 aliphatic heterocycles. The van der Waals surface area contributed by atoms with E-state index < -0.39 is 58.1 Å². The van der Waals surface area contributed by atoms with Crippen LogP contribution < -0.4 is 20.1 Å². The van der Waals surface area contributed by atoms with Crippen molar-refractivity contribution >= 4 is 23.2 Å². The Morgan fingerprint density at radius 1 is 0.580 bits per heavy atom. The summed E-state index contributed by atoms with van der Waals surface area (Å²) in [6.45, 7) is 14.2. The van der Waals surface area contributed by atoms with Gasteiger partial charge in [0, 0.05) is 49.7 Å². The van der Waals surface area contributed by atoms with Crippen molar-refractivity contribution in [3.63, 3.8) is 0 Å². The number of pyridine rings is 2. The number of hydrogen-bond acceptors (Lipinski definition) is 14. The van der Waals surface area contributed by atoms with Crippen molar-refractivity contribution < 1.29 is 54.2 Å². The third-order valence-electron chi connectivity index (χ3n) is 15.8. The van der Waals surface area contributed by atoms with Crippen LogP contribution in [0.2, 0.25) is 0 Å². The van der Waals surface area contributed by atoms with Gasteiger partial charge >= 0.3 is 12.4 Å². The Labute approximate surface area is 503 Å². The molecular weight excluding hydrogens is 1150 g/mol. The fourth-order valence-electron chi connectivity index (χ4n) is 10.7. The molecule has 4 aromatic heterocycles. The molecule has 4 aromatic carbocycles. The number of hydrogen-bond donors (Lipinski definition) is 2. The van der Waals surface area contributed by atoms with Crippen LogP contribution in [0.1, 0.15) is 118 Å². The third kappa shape index (κ3) is 14.9.